The topological polar surface area (TPSA) is 49.9 Å². The van der Waals surface area contributed by atoms with E-state index in [9.17, 15) is 0 Å². The van der Waals surface area contributed by atoms with Crippen molar-refractivity contribution in [2.24, 2.45) is 9.98 Å². The molecule has 1 aliphatic heterocycles. The molecule has 0 radical (unpaired) electrons. The van der Waals surface area contributed by atoms with Gasteiger partial charge in [0, 0.05) is 21.9 Å². The van der Waals surface area contributed by atoms with Crippen molar-refractivity contribution in [2.75, 3.05) is 0 Å². The first kappa shape index (κ1) is 32.1. The fraction of sp³-hybridized carbons (Fsp3) is 0.0612. The van der Waals surface area contributed by atoms with Crippen molar-refractivity contribution in [3.63, 3.8) is 0 Å². The lowest BCUT2D eigenvalue weighted by Gasteiger charge is -2.40. The molecule has 0 saturated heterocycles. The number of aliphatic imine (C=N–C) groups is 2. The van der Waals surface area contributed by atoms with Crippen molar-refractivity contribution in [1.29, 1.82) is 0 Å². The van der Waals surface area contributed by atoms with Crippen LogP contribution in [0.25, 0.3) is 32.7 Å². The second-order valence-corrected chi connectivity index (χ2v) is 18.2. The molecule has 7 aromatic carbocycles. The molecule has 0 fully saturated rings. The maximum atomic E-state index is 6.54. The lowest BCUT2D eigenvalue weighted by atomic mass is 10.0. The molecule has 1 aliphatic carbocycles. The van der Waals surface area contributed by atoms with Crippen LogP contribution in [0, 0.1) is 0 Å². The van der Waals surface area contributed by atoms with Crippen LogP contribution in [0.3, 0.4) is 0 Å². The van der Waals surface area contributed by atoms with Gasteiger partial charge in [0.25, 0.3) is 0 Å². The fourth-order valence-corrected chi connectivity index (χ4v) is 14.0. The minimum absolute atomic E-state index is 0.329. The Balaban J connectivity index is 1.19. The zero-order chi connectivity index (χ0) is 35.9. The molecule has 0 saturated carbocycles. The third-order valence-corrected chi connectivity index (χ3v) is 16.3. The molecule has 5 heteroatoms. The first-order chi connectivity index (χ1) is 26.8. The van der Waals surface area contributed by atoms with Gasteiger partial charge in [0.05, 0.1) is 5.56 Å². The van der Waals surface area contributed by atoms with E-state index in [1.54, 1.807) is 0 Å². The van der Waals surface area contributed by atoms with Gasteiger partial charge in [0.1, 0.15) is 23.2 Å². The van der Waals surface area contributed by atoms with Crippen molar-refractivity contribution in [3.8, 4) is 0 Å². The Labute approximate surface area is 315 Å². The molecule has 0 spiro atoms. The van der Waals surface area contributed by atoms with Gasteiger partial charge in [-0.2, -0.15) is 0 Å². The maximum Gasteiger partial charge on any atom is 0.163 e. The molecule has 2 unspecified atom stereocenters. The van der Waals surface area contributed by atoms with Crippen LogP contribution in [-0.4, -0.2) is 19.7 Å². The fourth-order valence-electron chi connectivity index (χ4n) is 8.65. The van der Waals surface area contributed by atoms with Crippen LogP contribution in [0.5, 0.6) is 0 Å². The normalized spacial score (nSPS) is 17.0. The van der Waals surface area contributed by atoms with Crippen molar-refractivity contribution >= 4 is 68.0 Å². The van der Waals surface area contributed by atoms with E-state index in [0.29, 0.717) is 11.4 Å². The molecule has 8 aromatic rings. The number of amidine groups is 2. The summed E-state index contributed by atoms with van der Waals surface area (Å²) < 4.78 is 6.54. The summed E-state index contributed by atoms with van der Waals surface area (Å²) in [4.78, 5) is 10.7. The average molecular weight is 712 g/mol. The summed E-state index contributed by atoms with van der Waals surface area (Å²) >= 11 is 0. The van der Waals surface area contributed by atoms with Gasteiger partial charge in [0.15, 0.2) is 13.9 Å². The van der Waals surface area contributed by atoms with Gasteiger partial charge in [-0.1, -0.05) is 182 Å². The van der Waals surface area contributed by atoms with Gasteiger partial charge in [-0.3, -0.25) is 0 Å². The van der Waals surface area contributed by atoms with Crippen molar-refractivity contribution in [1.82, 2.24) is 5.32 Å². The molecular weight excluding hydrogens is 675 g/mol. The Morgan fingerprint density at radius 3 is 2.06 bits per heavy atom. The Morgan fingerprint density at radius 2 is 1.26 bits per heavy atom. The van der Waals surface area contributed by atoms with E-state index in [4.69, 9.17) is 14.4 Å². The van der Waals surface area contributed by atoms with Crippen molar-refractivity contribution in [3.05, 3.63) is 211 Å². The van der Waals surface area contributed by atoms with Crippen LogP contribution < -0.4 is 20.9 Å². The lowest BCUT2D eigenvalue weighted by Crippen LogP contribution is -2.69. The van der Waals surface area contributed by atoms with Gasteiger partial charge in [0.2, 0.25) is 0 Å². The molecule has 10 rings (SSSR count). The predicted octanol–water partition coefficient (Wildman–Crippen LogP) is 9.59. The highest BCUT2D eigenvalue weighted by atomic mass is 28.3. The van der Waals surface area contributed by atoms with E-state index >= 15 is 0 Å². The number of nitrogens with one attached hydrogen (secondary N) is 1. The SMILES string of the molecule is C1=CCC([Si](c2ccccc2)(c2ccccc2)c2cccc(C3=NC(c4cccc5c4oc4ccccc45)=NC(c4cccc5ccccc45)N3)c2)C=C1. The molecule has 0 bridgehead atoms. The molecule has 2 heterocycles. The van der Waals surface area contributed by atoms with Gasteiger partial charge in [-0.25, -0.2) is 9.98 Å². The van der Waals surface area contributed by atoms with Gasteiger partial charge in [-0.15, -0.1) is 0 Å². The number of benzene rings is 7. The molecule has 1 aromatic heterocycles. The summed E-state index contributed by atoms with van der Waals surface area (Å²) in [6, 6.07) is 61.0. The van der Waals surface area contributed by atoms with E-state index in [2.05, 4.69) is 187 Å². The molecule has 0 amide bonds. The molecular formula is C49H37N3OSi. The van der Waals surface area contributed by atoms with Crippen molar-refractivity contribution in [2.45, 2.75) is 18.1 Å². The number of hydrogen-bond acceptors (Lipinski definition) is 4. The Kier molecular flexibility index (Phi) is 8.00. The highest BCUT2D eigenvalue weighted by Crippen LogP contribution is 2.35. The zero-order valence-corrected chi connectivity index (χ0v) is 30.6. The quantitative estimate of drug-likeness (QED) is 0.132. The minimum Gasteiger partial charge on any atom is -0.455 e. The number of para-hydroxylation sites is 2. The summed E-state index contributed by atoms with van der Waals surface area (Å²) in [6.45, 7) is 0. The summed E-state index contributed by atoms with van der Waals surface area (Å²) in [5.41, 5.74) is 4.98. The van der Waals surface area contributed by atoms with E-state index in [-0.39, 0.29) is 6.17 Å². The van der Waals surface area contributed by atoms with Gasteiger partial charge >= 0.3 is 0 Å². The molecule has 2 atom stereocenters. The number of fused-ring (bicyclic) bond motifs is 4. The highest BCUT2D eigenvalue weighted by molar-refractivity contribution is 7.12. The van der Waals surface area contributed by atoms with Crippen molar-refractivity contribution < 1.29 is 4.42 Å². The second-order valence-electron chi connectivity index (χ2n) is 14.1. The molecule has 54 heavy (non-hydrogen) atoms. The second kappa shape index (κ2) is 13.4. The van der Waals surface area contributed by atoms with Crippen LogP contribution in [-0.2, 0) is 0 Å². The number of furan rings is 1. The lowest BCUT2D eigenvalue weighted by molar-refractivity contribution is 0.664. The van der Waals surface area contributed by atoms with E-state index < -0.39 is 8.07 Å². The molecule has 2 aliphatic rings. The smallest absolute Gasteiger partial charge is 0.163 e. The summed E-state index contributed by atoms with van der Waals surface area (Å²) in [7, 11) is -2.64. The predicted molar refractivity (Wildman–Crippen MR) is 227 cm³/mol. The van der Waals surface area contributed by atoms with E-state index in [1.165, 1.54) is 20.9 Å². The van der Waals surface area contributed by atoms with Crippen LogP contribution in [0.2, 0.25) is 5.54 Å². The van der Waals surface area contributed by atoms with Crippen LogP contribution in [0.1, 0.15) is 29.3 Å². The zero-order valence-electron chi connectivity index (χ0n) is 29.6. The third kappa shape index (κ3) is 5.36. The van der Waals surface area contributed by atoms with E-state index in [1.807, 2.05) is 12.1 Å². The molecule has 258 valence electrons. The Bertz CT molecular complexity index is 2750. The maximum absolute atomic E-state index is 6.54. The number of allylic oxidation sites excluding steroid dienone is 4. The number of nitrogens with zero attached hydrogens (tertiary/aromatic N) is 2. The first-order valence-corrected chi connectivity index (χ1v) is 20.7. The summed E-state index contributed by atoms with van der Waals surface area (Å²) in [5.74, 6) is 1.43. The molecule has 4 nitrogen and oxygen atoms in total. The highest BCUT2D eigenvalue weighted by Gasteiger charge is 2.45. The third-order valence-electron chi connectivity index (χ3n) is 11.1. The minimum atomic E-state index is -2.64. The van der Waals surface area contributed by atoms with Gasteiger partial charge in [-0.05, 0) is 50.4 Å². The van der Waals surface area contributed by atoms with Crippen LogP contribution >= 0.6 is 0 Å². The largest absolute Gasteiger partial charge is 0.455 e. The number of hydrogen-bond donors (Lipinski definition) is 1. The van der Waals surface area contributed by atoms with Crippen LogP contribution in [0.4, 0.5) is 0 Å². The Morgan fingerprint density at radius 1 is 0.593 bits per heavy atom. The number of rotatable bonds is 7. The monoisotopic (exact) mass is 711 g/mol. The van der Waals surface area contributed by atoms with Gasteiger partial charge < -0.3 is 9.73 Å². The average Bonchev–Trinajstić information content (AvgIpc) is 3.64. The summed E-state index contributed by atoms with van der Waals surface area (Å²) in [5, 5.41) is 12.4. The van der Waals surface area contributed by atoms with Crippen LogP contribution in [0.15, 0.2) is 209 Å². The summed E-state index contributed by atoms with van der Waals surface area (Å²) in [6.07, 6.45) is 9.78. The Hall–Kier alpha value is -6.56. The first-order valence-electron chi connectivity index (χ1n) is 18.6. The standard InChI is InChI=1S/C49H37N3OSi/c1-4-20-36(21-5-1)54(37-22-6-2-7-23-37,38-24-8-3-9-25-38)39-26-14-19-35(33-39)47-50-48(43-30-15-18-34-17-10-11-27-40(34)43)52-49(51-47)44-31-16-29-42-41-28-12-13-32-45(41)53-46(42)44/h1-24,26-33,38,48H,25H2,(H,50,51,52). The molecule has 1 N–H and O–H groups in total. The van der Waals surface area contributed by atoms with E-state index in [0.717, 1.165) is 56.3 Å².